The Kier molecular flexibility index (Phi) is 2.60. The Morgan fingerprint density at radius 1 is 1.00 bits per heavy atom. The zero-order valence-corrected chi connectivity index (χ0v) is 9.26. The summed E-state index contributed by atoms with van der Waals surface area (Å²) in [4.78, 5) is 0. The predicted octanol–water partition coefficient (Wildman–Crippen LogP) is 0.472. The van der Waals surface area contributed by atoms with Crippen LogP contribution in [0.5, 0.6) is 0 Å². The van der Waals surface area contributed by atoms with Crippen molar-refractivity contribution in [3.05, 3.63) is 12.1 Å². The Morgan fingerprint density at radius 2 is 1.53 bits per heavy atom. The fourth-order valence-corrected chi connectivity index (χ4v) is 2.82. The van der Waals surface area contributed by atoms with Crippen molar-refractivity contribution in [3.63, 3.8) is 0 Å². The van der Waals surface area contributed by atoms with Gasteiger partial charge in [0.25, 0.3) is 0 Å². The molecule has 2 N–H and O–H groups in total. The van der Waals surface area contributed by atoms with Crippen LogP contribution in [-0.4, -0.2) is 27.9 Å². The van der Waals surface area contributed by atoms with Gasteiger partial charge in [-0.25, -0.2) is 0 Å². The Balaban J connectivity index is 1.74. The van der Waals surface area contributed by atoms with E-state index in [1.807, 2.05) is 11.3 Å². The second-order valence-electron chi connectivity index (χ2n) is 3.66. The molecule has 2 saturated heterocycles. The molecule has 2 radical (unpaired) electrons. The molecule has 0 unspecified atom stereocenters. The lowest BCUT2D eigenvalue weighted by molar-refractivity contribution is 0.884. The average molecular weight is 218 g/mol. The summed E-state index contributed by atoms with van der Waals surface area (Å²) in [5, 5.41) is 13.4. The van der Waals surface area contributed by atoms with Crippen LogP contribution in [0.15, 0.2) is 12.1 Å². The maximum atomic E-state index is 3.25. The van der Waals surface area contributed by atoms with Crippen molar-refractivity contribution in [3.8, 4) is 0 Å². The molecular weight excluding hydrogens is 206 g/mol. The van der Waals surface area contributed by atoms with Crippen molar-refractivity contribution < 1.29 is 0 Å². The van der Waals surface area contributed by atoms with Gasteiger partial charge in [0.1, 0.15) is 10.0 Å². The lowest BCUT2D eigenvalue weighted by Crippen LogP contribution is -2.31. The molecule has 2 fully saturated rings. The Morgan fingerprint density at radius 3 is 1.93 bits per heavy atom. The summed E-state index contributed by atoms with van der Waals surface area (Å²) in [6.07, 6.45) is 2.23. The molecule has 76 valence electrons. The molecule has 3 rings (SSSR count). The van der Waals surface area contributed by atoms with Crippen LogP contribution in [0.1, 0.15) is 0 Å². The van der Waals surface area contributed by atoms with Crippen LogP contribution in [0.2, 0.25) is 12.6 Å². The molecule has 1 aromatic heterocycles. The van der Waals surface area contributed by atoms with Crippen molar-refractivity contribution in [1.82, 2.24) is 10.7 Å². The van der Waals surface area contributed by atoms with Crippen LogP contribution in [0.25, 0.3) is 0 Å². The summed E-state index contributed by atoms with van der Waals surface area (Å²) in [5.41, 5.74) is 0. The van der Waals surface area contributed by atoms with E-state index in [1.54, 1.807) is 0 Å². The van der Waals surface area contributed by atoms with E-state index in [0.29, 0.717) is 0 Å². The average Bonchev–Trinajstić information content (AvgIpc) is 3.02. The minimum Gasteiger partial charge on any atom is -0.311 e. The van der Waals surface area contributed by atoms with Crippen LogP contribution in [0, 0.1) is 0 Å². The third kappa shape index (κ3) is 1.87. The maximum Gasteiger partial charge on any atom is 0.234 e. The molecule has 3 heterocycles. The second-order valence-corrected chi connectivity index (χ2v) is 4.70. The van der Waals surface area contributed by atoms with Crippen molar-refractivity contribution >= 4 is 36.2 Å². The third-order valence-corrected chi connectivity index (χ3v) is 3.73. The number of nitrogens with zero attached hydrogens (tertiary/aromatic N) is 2. The van der Waals surface area contributed by atoms with Crippen molar-refractivity contribution in [2.24, 2.45) is 0 Å². The first kappa shape index (κ1) is 9.57. The second kappa shape index (κ2) is 4.08. The minimum atomic E-state index is 1.07. The summed E-state index contributed by atoms with van der Waals surface area (Å²) >= 11 is 1.81. The highest BCUT2D eigenvalue weighted by Gasteiger charge is 2.18. The number of nitrogens with one attached hydrogen (secondary N) is 2. The van der Waals surface area contributed by atoms with Gasteiger partial charge >= 0.3 is 0 Å². The number of hydrazine groups is 2. The van der Waals surface area contributed by atoms with Crippen LogP contribution < -0.4 is 20.7 Å². The SMILES string of the molecule is [B]1CCN(c2ccc(N3CC[B]N3)s2)N1. The molecule has 0 aliphatic carbocycles. The molecule has 2 aliphatic rings. The first-order valence-corrected chi connectivity index (χ1v) is 6.06. The van der Waals surface area contributed by atoms with Gasteiger partial charge < -0.3 is 10.0 Å². The largest absolute Gasteiger partial charge is 0.311 e. The lowest BCUT2D eigenvalue weighted by atomic mass is 9.94. The highest BCUT2D eigenvalue weighted by atomic mass is 32.1. The molecule has 7 heteroatoms. The topological polar surface area (TPSA) is 30.5 Å². The molecule has 0 bridgehead atoms. The maximum absolute atomic E-state index is 3.25. The van der Waals surface area contributed by atoms with Crippen molar-refractivity contribution in [1.29, 1.82) is 0 Å². The molecule has 0 saturated carbocycles. The molecular formula is C8H12B2N4S. The summed E-state index contributed by atoms with van der Waals surface area (Å²) in [6.45, 7) is 2.14. The summed E-state index contributed by atoms with van der Waals surface area (Å²) in [7, 11) is 4.20. The Labute approximate surface area is 95.1 Å². The van der Waals surface area contributed by atoms with E-state index in [9.17, 15) is 0 Å². The fourth-order valence-electron chi connectivity index (χ4n) is 1.82. The Bertz CT molecular complexity index is 303. The highest BCUT2D eigenvalue weighted by molar-refractivity contribution is 7.20. The predicted molar refractivity (Wildman–Crippen MR) is 66.4 cm³/mol. The molecule has 0 amide bonds. The van der Waals surface area contributed by atoms with Gasteiger partial charge in [0.15, 0.2) is 0 Å². The summed E-state index contributed by atoms with van der Waals surface area (Å²) in [5.74, 6) is 0. The zero-order chi connectivity index (χ0) is 10.1. The van der Waals surface area contributed by atoms with Gasteiger partial charge in [0.2, 0.25) is 14.8 Å². The van der Waals surface area contributed by atoms with Crippen LogP contribution in [-0.2, 0) is 0 Å². The molecule has 4 nitrogen and oxygen atoms in total. The van der Waals surface area contributed by atoms with Gasteiger partial charge in [-0.05, 0) is 24.8 Å². The van der Waals surface area contributed by atoms with Gasteiger partial charge in [-0.2, -0.15) is 0 Å². The van der Waals surface area contributed by atoms with E-state index < -0.39 is 0 Å². The number of hydrogen-bond donors (Lipinski definition) is 2. The zero-order valence-electron chi connectivity index (χ0n) is 8.44. The summed E-state index contributed by atoms with van der Waals surface area (Å²) in [6, 6.07) is 4.35. The van der Waals surface area contributed by atoms with E-state index in [1.165, 1.54) is 10.0 Å². The van der Waals surface area contributed by atoms with Crippen LogP contribution >= 0.6 is 11.3 Å². The molecule has 15 heavy (non-hydrogen) atoms. The number of hydrogen-bond acceptors (Lipinski definition) is 5. The van der Waals surface area contributed by atoms with Gasteiger partial charge in [0, 0.05) is 13.1 Å². The summed E-state index contributed by atoms with van der Waals surface area (Å²) < 4.78 is 0. The fraction of sp³-hybridized carbons (Fsp3) is 0.500. The molecule has 1 aromatic rings. The van der Waals surface area contributed by atoms with Gasteiger partial charge in [-0.15, -0.1) is 0 Å². The van der Waals surface area contributed by atoms with E-state index in [0.717, 1.165) is 25.7 Å². The number of thiophene rings is 1. The molecule has 2 aliphatic heterocycles. The van der Waals surface area contributed by atoms with Gasteiger partial charge in [0.05, 0.1) is 0 Å². The molecule has 0 atom stereocenters. The normalized spacial score (nSPS) is 20.5. The van der Waals surface area contributed by atoms with E-state index in [-0.39, 0.29) is 0 Å². The lowest BCUT2D eigenvalue weighted by Gasteiger charge is -2.17. The van der Waals surface area contributed by atoms with E-state index in [4.69, 9.17) is 0 Å². The van der Waals surface area contributed by atoms with Crippen molar-refractivity contribution in [2.75, 3.05) is 23.1 Å². The first-order chi connectivity index (χ1) is 7.43. The third-order valence-electron chi connectivity index (χ3n) is 2.60. The standard InChI is InChI=1S/C8H12B2N4S/c1-2-8(14-6-4-10-12-14)15-7(1)13-5-3-9-11-13/h1-2,11-12H,3-6H2. The van der Waals surface area contributed by atoms with Crippen LogP contribution in [0.4, 0.5) is 10.0 Å². The highest BCUT2D eigenvalue weighted by Crippen LogP contribution is 2.32. The Hall–Kier alpha value is -0.650. The van der Waals surface area contributed by atoms with E-state index >= 15 is 0 Å². The van der Waals surface area contributed by atoms with E-state index in [2.05, 4.69) is 47.7 Å². The number of rotatable bonds is 2. The first-order valence-electron chi connectivity index (χ1n) is 5.24. The number of anilines is 2. The molecule has 0 aromatic carbocycles. The van der Waals surface area contributed by atoms with Gasteiger partial charge in [-0.1, -0.05) is 11.3 Å². The quantitative estimate of drug-likeness (QED) is 0.706. The molecule has 0 spiro atoms. The van der Waals surface area contributed by atoms with Gasteiger partial charge in [-0.3, -0.25) is 10.7 Å². The minimum absolute atomic E-state index is 1.07. The monoisotopic (exact) mass is 218 g/mol. The smallest absolute Gasteiger partial charge is 0.234 e. The van der Waals surface area contributed by atoms with Crippen LogP contribution in [0.3, 0.4) is 0 Å². The van der Waals surface area contributed by atoms with Crippen molar-refractivity contribution in [2.45, 2.75) is 12.6 Å².